The summed E-state index contributed by atoms with van der Waals surface area (Å²) in [5, 5.41) is 3.24. The summed E-state index contributed by atoms with van der Waals surface area (Å²) in [5.41, 5.74) is 10.6. The highest BCUT2D eigenvalue weighted by Gasteiger charge is 2.27. The highest BCUT2D eigenvalue weighted by molar-refractivity contribution is 6.06. The maximum atomic E-state index is 14.2. The fraction of sp³-hybridized carbons (Fsp3) is 0.185. The molecule has 8 nitrogen and oxygen atoms in total. The van der Waals surface area contributed by atoms with E-state index in [1.54, 1.807) is 36.2 Å². The molecule has 0 unspecified atom stereocenters. The number of fused-ring (bicyclic) bond motifs is 2. The molecule has 0 fully saturated rings. The van der Waals surface area contributed by atoms with Gasteiger partial charge in [-0.2, -0.15) is 0 Å². The second kappa shape index (κ2) is 12.2. The molecule has 11 heteroatoms. The van der Waals surface area contributed by atoms with Gasteiger partial charge in [0.25, 0.3) is 5.91 Å². The van der Waals surface area contributed by atoms with Crippen molar-refractivity contribution in [3.8, 4) is 11.1 Å². The average molecular weight is 558 g/mol. The van der Waals surface area contributed by atoms with Crippen LogP contribution in [-0.4, -0.2) is 40.3 Å². The quantitative estimate of drug-likeness (QED) is 0.340. The van der Waals surface area contributed by atoms with Crippen molar-refractivity contribution in [3.63, 3.8) is 0 Å². The predicted molar refractivity (Wildman–Crippen MR) is 148 cm³/mol. The zero-order chi connectivity index (χ0) is 25.2. The molecule has 5 rings (SSSR count). The van der Waals surface area contributed by atoms with Gasteiger partial charge in [0.2, 0.25) is 5.95 Å². The first-order valence-electron chi connectivity index (χ1n) is 11.5. The van der Waals surface area contributed by atoms with Crippen LogP contribution in [0.25, 0.3) is 22.0 Å². The van der Waals surface area contributed by atoms with Crippen LogP contribution in [0.5, 0.6) is 0 Å². The van der Waals surface area contributed by atoms with Crippen LogP contribution in [0, 0.1) is 5.82 Å². The number of carbonyl (C=O) groups excluding carboxylic acids is 2. The first kappa shape index (κ1) is 28.8. The number of ether oxygens (including phenoxy) is 1. The van der Waals surface area contributed by atoms with Gasteiger partial charge in [-0.25, -0.2) is 14.4 Å². The van der Waals surface area contributed by atoms with Crippen LogP contribution >= 0.6 is 24.8 Å². The minimum Gasteiger partial charge on any atom is -0.460 e. The molecule has 0 aliphatic carbocycles. The number of aromatic nitrogens is 2. The molecule has 0 saturated heterocycles. The summed E-state index contributed by atoms with van der Waals surface area (Å²) in [7, 11) is 1.65. The topological polar surface area (TPSA) is 110 Å². The van der Waals surface area contributed by atoms with Crippen LogP contribution in [0.3, 0.4) is 0 Å². The van der Waals surface area contributed by atoms with E-state index in [1.165, 1.54) is 12.1 Å². The van der Waals surface area contributed by atoms with Crippen molar-refractivity contribution in [3.05, 3.63) is 88.9 Å². The van der Waals surface area contributed by atoms with Gasteiger partial charge in [-0.05, 0) is 59.1 Å². The lowest BCUT2D eigenvalue weighted by Gasteiger charge is -2.17. The van der Waals surface area contributed by atoms with Gasteiger partial charge < -0.3 is 20.7 Å². The van der Waals surface area contributed by atoms with Gasteiger partial charge in [0.15, 0.2) is 0 Å². The first-order valence-corrected chi connectivity index (χ1v) is 11.5. The number of nitrogens with one attached hydrogen (secondary N) is 1. The highest BCUT2D eigenvalue weighted by Crippen LogP contribution is 2.31. The second-order valence-electron chi connectivity index (χ2n) is 8.58. The molecule has 3 N–H and O–H groups in total. The van der Waals surface area contributed by atoms with Crippen LogP contribution in [0.1, 0.15) is 27.2 Å². The minimum atomic E-state index is -0.435. The van der Waals surface area contributed by atoms with Crippen molar-refractivity contribution in [2.24, 2.45) is 0 Å². The van der Waals surface area contributed by atoms with Crippen molar-refractivity contribution in [1.82, 2.24) is 20.2 Å². The van der Waals surface area contributed by atoms with Crippen molar-refractivity contribution >= 4 is 53.5 Å². The molecule has 2 heterocycles. The smallest absolute Gasteiger partial charge is 0.320 e. The van der Waals surface area contributed by atoms with E-state index in [2.05, 4.69) is 15.3 Å². The number of anilines is 1. The molecular formula is C27H26Cl2FN5O3. The number of nitrogens with zero attached hydrogens (tertiary/aromatic N) is 3. The number of benzene rings is 3. The number of hydrogen-bond donors (Lipinski definition) is 2. The summed E-state index contributed by atoms with van der Waals surface area (Å²) in [6.45, 7) is 1.000. The molecule has 0 saturated carbocycles. The van der Waals surface area contributed by atoms with Gasteiger partial charge in [0, 0.05) is 18.5 Å². The Morgan fingerprint density at radius 3 is 2.42 bits per heavy atom. The summed E-state index contributed by atoms with van der Waals surface area (Å²) in [6, 6.07) is 17.4. The Morgan fingerprint density at radius 2 is 1.74 bits per heavy atom. The molecule has 1 aromatic heterocycles. The Bertz CT molecular complexity index is 1480. The zero-order valence-corrected chi connectivity index (χ0v) is 22.1. The Balaban J connectivity index is 0.00000200. The Labute approximate surface area is 231 Å². The molecule has 1 amide bonds. The van der Waals surface area contributed by atoms with Crippen LogP contribution < -0.4 is 11.1 Å². The van der Waals surface area contributed by atoms with E-state index in [-0.39, 0.29) is 55.5 Å². The minimum absolute atomic E-state index is 0. The number of amides is 1. The van der Waals surface area contributed by atoms with Crippen molar-refractivity contribution < 1.29 is 18.7 Å². The van der Waals surface area contributed by atoms with E-state index in [4.69, 9.17) is 10.5 Å². The predicted octanol–water partition coefficient (Wildman–Crippen LogP) is 4.28. The molecule has 38 heavy (non-hydrogen) atoms. The molecule has 198 valence electrons. The molecule has 1 aliphatic rings. The van der Waals surface area contributed by atoms with Crippen LogP contribution in [-0.2, 0) is 29.2 Å². The van der Waals surface area contributed by atoms with E-state index >= 15 is 0 Å². The van der Waals surface area contributed by atoms with E-state index in [9.17, 15) is 14.0 Å². The standard InChI is InChI=1S/C27H24FN5O3.2ClH/c1-30-12-24(34)36-15-19-6-8-20(28)11-21(19)16-7-9-23-22(10-16)25(32-27(29)31-23)26(35)33-13-17-4-2-3-5-18(17)14-33;;/h2-11,30H,12-15H2,1H3,(H2,29,31,32);2*1H. The molecular weight excluding hydrogens is 532 g/mol. The van der Waals surface area contributed by atoms with E-state index in [0.29, 0.717) is 40.7 Å². The molecule has 0 atom stereocenters. The third-order valence-corrected chi connectivity index (χ3v) is 6.14. The number of likely N-dealkylation sites (N-methyl/N-ethyl adjacent to an activating group) is 1. The van der Waals surface area contributed by atoms with Crippen molar-refractivity contribution in [1.29, 1.82) is 0 Å². The molecule has 0 bridgehead atoms. The Kier molecular flexibility index (Phi) is 9.22. The molecule has 1 aliphatic heterocycles. The van der Waals surface area contributed by atoms with Gasteiger partial charge in [0.1, 0.15) is 18.1 Å². The Morgan fingerprint density at radius 1 is 1.03 bits per heavy atom. The van der Waals surface area contributed by atoms with Crippen LogP contribution in [0.15, 0.2) is 60.7 Å². The normalized spacial score (nSPS) is 11.9. The lowest BCUT2D eigenvalue weighted by molar-refractivity contribution is -0.143. The summed E-state index contributed by atoms with van der Waals surface area (Å²) in [4.78, 5) is 35.7. The summed E-state index contributed by atoms with van der Waals surface area (Å²) in [5.74, 6) is -1.12. The number of hydrogen-bond acceptors (Lipinski definition) is 7. The number of esters is 1. The fourth-order valence-electron chi connectivity index (χ4n) is 4.40. The van der Waals surface area contributed by atoms with Crippen molar-refractivity contribution in [2.45, 2.75) is 19.7 Å². The number of rotatable bonds is 6. The maximum Gasteiger partial charge on any atom is 0.320 e. The number of nitrogens with two attached hydrogens (primary N) is 1. The summed E-state index contributed by atoms with van der Waals surface area (Å²) >= 11 is 0. The lowest BCUT2D eigenvalue weighted by atomic mass is 9.97. The Hall–Kier alpha value is -3.79. The second-order valence-corrected chi connectivity index (χ2v) is 8.58. The fourth-order valence-corrected chi connectivity index (χ4v) is 4.40. The van der Waals surface area contributed by atoms with Crippen LogP contribution in [0.4, 0.5) is 10.3 Å². The molecule has 0 spiro atoms. The van der Waals surface area contributed by atoms with E-state index in [1.807, 2.05) is 24.3 Å². The monoisotopic (exact) mass is 557 g/mol. The van der Waals surface area contributed by atoms with E-state index in [0.717, 1.165) is 11.1 Å². The van der Waals surface area contributed by atoms with Gasteiger partial charge >= 0.3 is 5.97 Å². The summed E-state index contributed by atoms with van der Waals surface area (Å²) < 4.78 is 19.5. The molecule has 3 aromatic carbocycles. The third-order valence-electron chi connectivity index (χ3n) is 6.14. The van der Waals surface area contributed by atoms with Gasteiger partial charge in [-0.15, -0.1) is 24.8 Å². The van der Waals surface area contributed by atoms with E-state index < -0.39 is 11.8 Å². The van der Waals surface area contributed by atoms with Crippen LogP contribution in [0.2, 0.25) is 0 Å². The van der Waals surface area contributed by atoms with Gasteiger partial charge in [0.05, 0.1) is 12.1 Å². The van der Waals surface area contributed by atoms with Gasteiger partial charge in [-0.3, -0.25) is 9.59 Å². The van der Waals surface area contributed by atoms with Crippen molar-refractivity contribution in [2.75, 3.05) is 19.3 Å². The number of carbonyl (C=O) groups is 2. The highest BCUT2D eigenvalue weighted by atomic mass is 35.5. The molecule has 0 radical (unpaired) electrons. The average Bonchev–Trinajstić information content (AvgIpc) is 3.31. The number of nitrogen functional groups attached to an aromatic ring is 1. The SMILES string of the molecule is CNCC(=O)OCc1ccc(F)cc1-c1ccc2nc(N)nc(C(=O)N3Cc4ccccc4C3)c2c1.Cl.Cl. The summed E-state index contributed by atoms with van der Waals surface area (Å²) in [6.07, 6.45) is 0. The molecule has 4 aromatic rings. The third kappa shape index (κ3) is 5.85. The largest absolute Gasteiger partial charge is 0.460 e. The zero-order valence-electron chi connectivity index (χ0n) is 20.4. The number of halogens is 3. The van der Waals surface area contributed by atoms with Gasteiger partial charge in [-0.1, -0.05) is 36.4 Å². The maximum absolute atomic E-state index is 14.2. The first-order chi connectivity index (χ1) is 17.4. The lowest BCUT2D eigenvalue weighted by Crippen LogP contribution is -2.27.